The second-order valence-corrected chi connectivity index (χ2v) is 17.1. The molecule has 6 heteroatoms. The van der Waals surface area contributed by atoms with Gasteiger partial charge in [0.2, 0.25) is 0 Å². The molecule has 2 heterocycles. The van der Waals surface area contributed by atoms with E-state index in [1.807, 2.05) is 137 Å². The molecule has 0 spiro atoms. The Labute approximate surface area is 289 Å². The van der Waals surface area contributed by atoms with Gasteiger partial charge in [-0.2, -0.15) is 0 Å². The Bertz CT molecular complexity index is 2290. The van der Waals surface area contributed by atoms with Gasteiger partial charge in [0.1, 0.15) is 11.5 Å². The van der Waals surface area contributed by atoms with Gasteiger partial charge in [-0.1, -0.05) is 116 Å². The van der Waals surface area contributed by atoms with Gasteiger partial charge >= 0.3 is 14.7 Å². The predicted molar refractivity (Wildman–Crippen MR) is 206 cm³/mol. The molecule has 2 unspecified atom stereocenters. The smallest absolute Gasteiger partial charge is 0.303 e. The lowest BCUT2D eigenvalue weighted by Crippen LogP contribution is -2.18. The predicted octanol–water partition coefficient (Wildman–Crippen LogP) is 12.1. The van der Waals surface area contributed by atoms with Crippen molar-refractivity contribution in [2.75, 3.05) is 0 Å². The molecule has 2 atom stereocenters. The van der Waals surface area contributed by atoms with E-state index in [4.69, 9.17) is 9.05 Å². The van der Waals surface area contributed by atoms with Gasteiger partial charge in [-0.25, -0.2) is 0 Å². The summed E-state index contributed by atoms with van der Waals surface area (Å²) in [4.78, 5) is 0. The number of benzene rings is 5. The van der Waals surface area contributed by atoms with Gasteiger partial charge in [-0.3, -0.25) is 9.13 Å². The molecule has 0 radical (unpaired) electrons. The van der Waals surface area contributed by atoms with Crippen LogP contribution in [0.1, 0.15) is 50.8 Å². The van der Waals surface area contributed by atoms with E-state index in [-0.39, 0.29) is 0 Å². The summed E-state index contributed by atoms with van der Waals surface area (Å²) in [6.07, 6.45) is 8.36. The van der Waals surface area contributed by atoms with Crippen molar-refractivity contribution >= 4 is 43.1 Å². The molecule has 0 amide bonds. The number of hydrogen-bond acceptors (Lipinski definition) is 4. The van der Waals surface area contributed by atoms with E-state index in [0.717, 1.165) is 60.4 Å². The second kappa shape index (κ2) is 13.2. The first-order valence-corrected chi connectivity index (χ1v) is 19.8. The maximum atomic E-state index is 14.7. The summed E-state index contributed by atoms with van der Waals surface area (Å²) < 4.78 is 41.7. The molecule has 5 aromatic rings. The van der Waals surface area contributed by atoms with Crippen molar-refractivity contribution in [1.29, 1.82) is 0 Å². The zero-order chi connectivity index (χ0) is 34.2. The normalized spacial score (nSPS) is 20.2. The summed E-state index contributed by atoms with van der Waals surface area (Å²) in [5.74, 6) is 1.30. The van der Waals surface area contributed by atoms with Crippen LogP contribution in [0.4, 0.5) is 0 Å². The van der Waals surface area contributed by atoms with Crippen molar-refractivity contribution in [3.8, 4) is 28.0 Å². The summed E-state index contributed by atoms with van der Waals surface area (Å²) in [7, 11) is -6.63. The maximum absolute atomic E-state index is 14.7. The molecule has 7 rings (SSSR count). The van der Waals surface area contributed by atoms with E-state index in [2.05, 4.69) is 36.4 Å². The molecule has 2 aliphatic heterocycles. The molecule has 244 valence electrons. The van der Waals surface area contributed by atoms with E-state index in [0.29, 0.717) is 23.2 Å². The fourth-order valence-corrected chi connectivity index (χ4v) is 11.3. The molecule has 49 heavy (non-hydrogen) atoms. The first-order chi connectivity index (χ1) is 23.7. The van der Waals surface area contributed by atoms with Gasteiger partial charge in [0, 0.05) is 16.2 Å². The summed E-state index contributed by atoms with van der Waals surface area (Å²) in [5, 5.41) is 2.95. The minimum atomic E-state index is -3.32. The third kappa shape index (κ3) is 5.90. The van der Waals surface area contributed by atoms with Crippen molar-refractivity contribution in [1.82, 2.24) is 0 Å². The number of fused-ring (bicyclic) bond motifs is 4. The lowest BCUT2D eigenvalue weighted by atomic mass is 10.0. The van der Waals surface area contributed by atoms with E-state index in [9.17, 15) is 9.13 Å². The van der Waals surface area contributed by atoms with Gasteiger partial charge in [0.05, 0.1) is 10.6 Å². The zero-order valence-electron chi connectivity index (χ0n) is 28.1. The Kier molecular flexibility index (Phi) is 8.80. The fraction of sp³-hybridized carbons (Fsp3) is 0.116. The summed E-state index contributed by atoms with van der Waals surface area (Å²) in [5.41, 5.74) is 7.92. The van der Waals surface area contributed by atoms with Crippen molar-refractivity contribution < 1.29 is 18.2 Å². The largest absolute Gasteiger partial charge is 0.437 e. The average Bonchev–Trinajstić information content (AvgIpc) is 3.13. The third-order valence-electron chi connectivity index (χ3n) is 9.23. The van der Waals surface area contributed by atoms with Crippen LogP contribution in [0.3, 0.4) is 0 Å². The van der Waals surface area contributed by atoms with Crippen molar-refractivity contribution in [2.24, 2.45) is 0 Å². The number of allylic oxidation sites excluding steroid dienone is 5. The molecule has 0 saturated carbocycles. The van der Waals surface area contributed by atoms with Crippen molar-refractivity contribution in [3.63, 3.8) is 0 Å². The zero-order valence-corrected chi connectivity index (χ0v) is 29.9. The van der Waals surface area contributed by atoms with Crippen molar-refractivity contribution in [2.45, 2.75) is 34.1 Å². The molecule has 0 aromatic heterocycles. The van der Waals surface area contributed by atoms with E-state index >= 15 is 0 Å². The second-order valence-electron chi connectivity index (χ2n) is 12.3. The summed E-state index contributed by atoms with van der Waals surface area (Å²) in [6.45, 7) is 7.85. The van der Waals surface area contributed by atoms with Crippen LogP contribution >= 0.6 is 14.7 Å². The molecule has 0 fully saturated rings. The molecular formula is C43H38O4P2. The Balaban J connectivity index is 1.14. The first kappa shape index (κ1) is 32.7. The molecule has 0 bridgehead atoms. The monoisotopic (exact) mass is 680 g/mol. The third-order valence-corrected chi connectivity index (χ3v) is 14.4. The van der Waals surface area contributed by atoms with Crippen LogP contribution < -0.4 is 15.1 Å². The van der Waals surface area contributed by atoms with E-state index in [1.165, 1.54) is 0 Å². The van der Waals surface area contributed by atoms with Crippen LogP contribution in [0, 0.1) is 0 Å². The summed E-state index contributed by atoms with van der Waals surface area (Å²) >= 11 is 0. The SMILES string of the molecule is C/C=C\C1=C(C)c2ccccc2P(=O)(/C(C)=C/c2ccc(-c3ccc(/C=C(\CC)P4(=O)Oc5ccccc5-c5ccccc54)cc3)cc2)O1. The van der Waals surface area contributed by atoms with Crippen LogP contribution in [0.5, 0.6) is 5.75 Å². The highest BCUT2D eigenvalue weighted by molar-refractivity contribution is 7.72. The average molecular weight is 681 g/mol. The Morgan fingerprint density at radius 2 is 1.16 bits per heavy atom. The Hall–Kier alpha value is -4.88. The minimum absolute atomic E-state index is 0.597. The number of para-hydroxylation sites is 1. The Morgan fingerprint density at radius 1 is 0.633 bits per heavy atom. The Morgan fingerprint density at radius 3 is 1.78 bits per heavy atom. The van der Waals surface area contributed by atoms with Gasteiger partial charge in [0.25, 0.3) is 0 Å². The highest BCUT2D eigenvalue weighted by Crippen LogP contribution is 2.62. The van der Waals surface area contributed by atoms with E-state index in [1.54, 1.807) is 0 Å². The minimum Gasteiger partial charge on any atom is -0.437 e. The highest BCUT2D eigenvalue weighted by Gasteiger charge is 2.39. The molecule has 4 nitrogen and oxygen atoms in total. The van der Waals surface area contributed by atoms with Crippen molar-refractivity contribution in [3.05, 3.63) is 167 Å². The first-order valence-electron chi connectivity index (χ1n) is 16.6. The van der Waals surface area contributed by atoms with Gasteiger partial charge in [-0.15, -0.1) is 0 Å². The lowest BCUT2D eigenvalue weighted by molar-refractivity contribution is 0.431. The lowest BCUT2D eigenvalue weighted by Gasteiger charge is -2.30. The molecular weight excluding hydrogens is 642 g/mol. The quantitative estimate of drug-likeness (QED) is 0.161. The van der Waals surface area contributed by atoms with Crippen LogP contribution in [0.2, 0.25) is 0 Å². The van der Waals surface area contributed by atoms with Crippen LogP contribution in [-0.4, -0.2) is 0 Å². The molecule has 0 saturated heterocycles. The summed E-state index contributed by atoms with van der Waals surface area (Å²) in [6, 6.07) is 40.0. The van der Waals surface area contributed by atoms with Crippen LogP contribution in [0.15, 0.2) is 150 Å². The van der Waals surface area contributed by atoms with Gasteiger partial charge < -0.3 is 9.05 Å². The highest BCUT2D eigenvalue weighted by atomic mass is 31.2. The molecule has 5 aromatic carbocycles. The maximum Gasteiger partial charge on any atom is 0.303 e. The van der Waals surface area contributed by atoms with Crippen LogP contribution in [-0.2, 0) is 13.7 Å². The molecule has 0 aliphatic carbocycles. The van der Waals surface area contributed by atoms with E-state index < -0.39 is 14.7 Å². The molecule has 0 N–H and O–H groups in total. The van der Waals surface area contributed by atoms with Gasteiger partial charge in [0.15, 0.2) is 0 Å². The fourth-order valence-electron chi connectivity index (χ4n) is 6.59. The standard InChI is InChI=1S/C43H38O4P2/c1-5-13-40-31(4)37-14-8-11-18-42(37)48(44,46-40)30(3)28-32-20-24-34(25-21-32)35-26-22-33(23-27-35)29-36(6-2)49(45)43-19-12-9-16-39(43)38-15-7-10-17-41(38)47-49/h5,7-29H,6H2,1-4H3/b13-5-,30-28+,36-29+. The molecule has 2 aliphatic rings. The van der Waals surface area contributed by atoms with Crippen LogP contribution in [0.25, 0.3) is 40.0 Å². The number of hydrogen-bond donors (Lipinski definition) is 0. The number of rotatable bonds is 7. The van der Waals surface area contributed by atoms with Gasteiger partial charge in [-0.05, 0) is 103 Å². The topological polar surface area (TPSA) is 52.6 Å².